The van der Waals surface area contributed by atoms with Crippen LogP contribution < -0.4 is 20.1 Å². The van der Waals surface area contributed by atoms with Crippen molar-refractivity contribution >= 4 is 27.3 Å². The van der Waals surface area contributed by atoms with Crippen molar-refractivity contribution in [2.45, 2.75) is 37.6 Å². The molecule has 3 aromatic rings. The monoisotopic (exact) mass is 510 g/mol. The molecular weight excluding hydrogens is 487 g/mol. The molecule has 2 aromatic carbocycles. The molecule has 2 atom stereocenters. The van der Waals surface area contributed by atoms with Crippen LogP contribution in [0.1, 0.15) is 41.5 Å². The first kappa shape index (κ1) is 24.2. The predicted molar refractivity (Wildman–Crippen MR) is 125 cm³/mol. The van der Waals surface area contributed by atoms with E-state index >= 15 is 0 Å². The number of sulfonamides is 1. The van der Waals surface area contributed by atoms with Gasteiger partial charge in [-0.25, -0.2) is 22.7 Å². The topological polar surface area (TPSA) is 118 Å². The van der Waals surface area contributed by atoms with E-state index in [0.717, 1.165) is 5.56 Å². The maximum absolute atomic E-state index is 14.9. The third-order valence-corrected chi connectivity index (χ3v) is 7.85. The van der Waals surface area contributed by atoms with Crippen molar-refractivity contribution in [2.75, 3.05) is 25.1 Å². The molecule has 0 amide bonds. The van der Waals surface area contributed by atoms with E-state index in [1.807, 2.05) is 6.92 Å². The molecule has 34 heavy (non-hydrogen) atoms. The van der Waals surface area contributed by atoms with E-state index in [-0.39, 0.29) is 28.7 Å². The Morgan fingerprint density at radius 2 is 2.00 bits per heavy atom. The Balaban J connectivity index is 1.82. The van der Waals surface area contributed by atoms with Crippen LogP contribution in [-0.2, 0) is 10.0 Å². The van der Waals surface area contributed by atoms with Crippen molar-refractivity contribution in [3.05, 3.63) is 68.2 Å². The number of likely N-dealkylation sites (N-methyl/N-ethyl adjacent to an activating group) is 1. The summed E-state index contributed by atoms with van der Waals surface area (Å²) in [4.78, 5) is 13.3. The number of hydrogen-bond donors (Lipinski definition) is 2. The summed E-state index contributed by atoms with van der Waals surface area (Å²) in [6, 6.07) is 4.57. The van der Waals surface area contributed by atoms with Gasteiger partial charge in [0.1, 0.15) is 23.4 Å². The molecule has 2 N–H and O–H groups in total. The first-order chi connectivity index (χ1) is 16.0. The molecule has 1 aromatic heterocycles. The van der Waals surface area contributed by atoms with Gasteiger partial charge >= 0.3 is 5.76 Å². The lowest BCUT2D eigenvalue weighted by Gasteiger charge is -2.30. The van der Waals surface area contributed by atoms with Gasteiger partial charge in [-0.2, -0.15) is 4.72 Å². The second kappa shape index (κ2) is 9.05. The highest BCUT2D eigenvalue weighted by Gasteiger charge is 2.36. The Morgan fingerprint density at radius 1 is 1.26 bits per heavy atom. The highest BCUT2D eigenvalue weighted by molar-refractivity contribution is 7.89. The predicted octanol–water partition coefficient (Wildman–Crippen LogP) is 3.42. The van der Waals surface area contributed by atoms with Crippen LogP contribution in [0.4, 0.5) is 10.1 Å². The van der Waals surface area contributed by atoms with Crippen LogP contribution in [0.3, 0.4) is 0 Å². The van der Waals surface area contributed by atoms with Crippen LogP contribution in [0, 0.1) is 19.7 Å². The van der Waals surface area contributed by atoms with E-state index in [1.165, 1.54) is 18.2 Å². The first-order valence-electron chi connectivity index (χ1n) is 10.5. The Labute approximate surface area is 200 Å². The third kappa shape index (κ3) is 4.30. The number of benzene rings is 2. The second-order valence-corrected chi connectivity index (χ2v) is 10.3. The standard InChI is InChI=1S/C22H24ClFN4O5S/c1-11-5-7-15(24)17(12(11)2)13(3)18(21-25-26-22(29)33-21)27-34(30,31)16-8-6-14(23)19-20(16)32-10-9-28(19)4/h5-8,13,18,27H,9-10H2,1-4H3,(H,26,29)/t13-,18+/m1/s1. The van der Waals surface area contributed by atoms with E-state index < -0.39 is 33.6 Å². The highest BCUT2D eigenvalue weighted by atomic mass is 35.5. The number of nitrogens with zero attached hydrogens (tertiary/aromatic N) is 2. The summed E-state index contributed by atoms with van der Waals surface area (Å²) in [5, 5.41) is 6.30. The number of H-pyrrole nitrogens is 1. The van der Waals surface area contributed by atoms with Crippen molar-refractivity contribution in [2.24, 2.45) is 0 Å². The van der Waals surface area contributed by atoms with Gasteiger partial charge in [-0.1, -0.05) is 24.6 Å². The summed E-state index contributed by atoms with van der Waals surface area (Å²) in [5.74, 6) is -2.26. The third-order valence-electron chi connectivity index (χ3n) is 6.08. The Kier molecular flexibility index (Phi) is 6.45. The van der Waals surface area contributed by atoms with Crippen molar-refractivity contribution in [3.63, 3.8) is 0 Å². The maximum atomic E-state index is 14.9. The molecule has 0 spiro atoms. The van der Waals surface area contributed by atoms with E-state index in [9.17, 15) is 17.6 Å². The number of fused-ring (bicyclic) bond motifs is 1. The minimum Gasteiger partial charge on any atom is -0.488 e. The SMILES string of the molecule is Cc1ccc(F)c([C@@H](C)[C@H](NS(=O)(=O)c2ccc(Cl)c3c2OCCN3C)c2n[nH]c(=O)o2)c1C. The summed E-state index contributed by atoms with van der Waals surface area (Å²) < 4.78 is 55.4. The normalized spacial score (nSPS) is 15.5. The molecule has 0 saturated heterocycles. The number of nitrogens with one attached hydrogen (secondary N) is 2. The fourth-order valence-electron chi connectivity index (χ4n) is 4.13. The van der Waals surface area contributed by atoms with Crippen molar-refractivity contribution < 1.29 is 22.0 Å². The number of ether oxygens (including phenoxy) is 1. The number of aromatic amines is 1. The quantitative estimate of drug-likeness (QED) is 0.521. The number of anilines is 1. The van der Waals surface area contributed by atoms with Gasteiger partial charge < -0.3 is 14.1 Å². The number of hydrogen-bond acceptors (Lipinski definition) is 7. The molecular formula is C22H24ClFN4O5S. The lowest BCUT2D eigenvalue weighted by Crippen LogP contribution is -2.35. The highest BCUT2D eigenvalue weighted by Crippen LogP contribution is 2.43. The summed E-state index contributed by atoms with van der Waals surface area (Å²) in [7, 11) is -2.49. The summed E-state index contributed by atoms with van der Waals surface area (Å²) in [6.45, 7) is 6.01. The molecule has 0 saturated carbocycles. The van der Waals surface area contributed by atoms with Gasteiger partial charge in [0, 0.05) is 13.0 Å². The van der Waals surface area contributed by atoms with Gasteiger partial charge in [0.05, 0.1) is 17.3 Å². The Bertz CT molecular complexity index is 1400. The van der Waals surface area contributed by atoms with Crippen LogP contribution in [0.5, 0.6) is 5.75 Å². The van der Waals surface area contributed by atoms with Crippen molar-refractivity contribution in [3.8, 4) is 5.75 Å². The molecule has 2 heterocycles. The van der Waals surface area contributed by atoms with E-state index in [1.54, 1.807) is 31.9 Å². The molecule has 0 aliphatic carbocycles. The Hall–Kier alpha value is -2.89. The largest absolute Gasteiger partial charge is 0.488 e. The summed E-state index contributed by atoms with van der Waals surface area (Å²) >= 11 is 6.30. The molecule has 12 heteroatoms. The fraction of sp³-hybridized carbons (Fsp3) is 0.364. The smallest absolute Gasteiger partial charge is 0.434 e. The molecule has 0 radical (unpaired) electrons. The van der Waals surface area contributed by atoms with Gasteiger partial charge in [-0.05, 0) is 48.7 Å². The van der Waals surface area contributed by atoms with E-state index in [2.05, 4.69) is 14.9 Å². The number of aromatic nitrogens is 2. The van der Waals surface area contributed by atoms with E-state index in [4.69, 9.17) is 20.8 Å². The number of aryl methyl sites for hydroxylation is 1. The van der Waals surface area contributed by atoms with Crippen LogP contribution in [0.2, 0.25) is 5.02 Å². The fourth-order valence-corrected chi connectivity index (χ4v) is 5.84. The average molecular weight is 511 g/mol. The zero-order valence-electron chi connectivity index (χ0n) is 19.0. The van der Waals surface area contributed by atoms with Crippen molar-refractivity contribution in [1.82, 2.24) is 14.9 Å². The molecule has 0 unspecified atom stereocenters. The van der Waals surface area contributed by atoms with Crippen molar-refractivity contribution in [1.29, 1.82) is 0 Å². The first-order valence-corrected chi connectivity index (χ1v) is 12.4. The molecule has 0 bridgehead atoms. The van der Waals surface area contributed by atoms with Crippen LogP contribution in [0.25, 0.3) is 0 Å². The Morgan fingerprint density at radius 3 is 2.68 bits per heavy atom. The minimum atomic E-state index is -4.27. The van der Waals surface area contributed by atoms with Crippen LogP contribution >= 0.6 is 11.6 Å². The number of rotatable bonds is 6. The minimum absolute atomic E-state index is 0.113. The van der Waals surface area contributed by atoms with Gasteiger partial charge in [0.25, 0.3) is 0 Å². The van der Waals surface area contributed by atoms with Gasteiger partial charge in [-0.15, -0.1) is 5.10 Å². The molecule has 1 aliphatic heterocycles. The molecule has 0 fully saturated rings. The maximum Gasteiger partial charge on any atom is 0.434 e. The average Bonchev–Trinajstić information content (AvgIpc) is 3.21. The lowest BCUT2D eigenvalue weighted by molar-refractivity contribution is 0.302. The van der Waals surface area contributed by atoms with Crippen LogP contribution in [-0.4, -0.2) is 38.8 Å². The molecule has 182 valence electrons. The van der Waals surface area contributed by atoms with Gasteiger partial charge in [0.2, 0.25) is 15.9 Å². The lowest BCUT2D eigenvalue weighted by atomic mass is 9.88. The number of halogens is 2. The summed E-state index contributed by atoms with van der Waals surface area (Å²) in [5.41, 5.74) is 2.22. The van der Waals surface area contributed by atoms with E-state index in [0.29, 0.717) is 22.8 Å². The molecule has 9 nitrogen and oxygen atoms in total. The van der Waals surface area contributed by atoms with Gasteiger partial charge in [-0.3, -0.25) is 0 Å². The molecule has 1 aliphatic rings. The second-order valence-electron chi connectivity index (χ2n) is 8.24. The molecule has 4 rings (SSSR count). The van der Waals surface area contributed by atoms with Crippen LogP contribution in [0.15, 0.2) is 38.4 Å². The van der Waals surface area contributed by atoms with Gasteiger partial charge in [0.15, 0.2) is 5.75 Å². The zero-order valence-corrected chi connectivity index (χ0v) is 20.6. The zero-order chi connectivity index (χ0) is 24.8. The summed E-state index contributed by atoms with van der Waals surface area (Å²) in [6.07, 6.45) is 0.